The molecule has 10 aromatic carbocycles. The van der Waals surface area contributed by atoms with Crippen molar-refractivity contribution in [3.8, 4) is 11.1 Å². The molecule has 1 nitrogen and oxygen atoms in total. The first-order chi connectivity index (χ1) is 38.8. The highest BCUT2D eigenvalue weighted by molar-refractivity contribution is 6.18. The van der Waals surface area contributed by atoms with E-state index in [0.717, 1.165) is 0 Å². The average molecular weight is 705 g/mol. The van der Waals surface area contributed by atoms with E-state index in [1.54, 1.807) is 0 Å². The number of benzene rings is 10. The normalized spacial score (nSPS) is 19.8. The summed E-state index contributed by atoms with van der Waals surface area (Å²) in [6, 6.07) is -24.5. The molecular formula is C52H34O. The van der Waals surface area contributed by atoms with Crippen molar-refractivity contribution in [2.45, 2.75) is 12.8 Å². The van der Waals surface area contributed by atoms with Crippen molar-refractivity contribution < 1.29 is 45.5 Å². The Morgan fingerprint density at radius 1 is 0.396 bits per heavy atom. The van der Waals surface area contributed by atoms with E-state index in [9.17, 15) is 15.1 Å². The van der Waals surface area contributed by atoms with Crippen molar-refractivity contribution in [1.29, 1.82) is 0 Å². The molecule has 0 N–H and O–H groups in total. The maximum atomic E-state index is 9.71. The number of rotatable bonds is 5. The van der Waals surface area contributed by atoms with Gasteiger partial charge >= 0.3 is 0 Å². The molecule has 1 heterocycles. The second-order valence-electron chi connectivity index (χ2n) is 12.0. The van der Waals surface area contributed by atoms with Crippen LogP contribution in [0.15, 0.2) is 186 Å². The largest absolute Gasteiger partial charge is 0.455 e. The molecule has 0 unspecified atom stereocenters. The Morgan fingerprint density at radius 2 is 0.943 bits per heavy atom. The maximum absolute atomic E-state index is 9.71. The van der Waals surface area contributed by atoms with E-state index in [1.807, 2.05) is 0 Å². The van der Waals surface area contributed by atoms with Gasteiger partial charge in [0.25, 0.3) is 0 Å². The first kappa shape index (κ1) is 12.8. The predicted octanol–water partition coefficient (Wildman–Crippen LogP) is 14.2. The quantitative estimate of drug-likeness (QED) is 0.128. The molecule has 0 spiro atoms. The molecule has 0 saturated carbocycles. The fourth-order valence-electron chi connectivity index (χ4n) is 6.72. The Labute approximate surface area is 349 Å². The monoisotopic (exact) mass is 704 g/mol. The summed E-state index contributed by atoms with van der Waals surface area (Å²) in [5.41, 5.74) is -3.99. The molecular weight excluding hydrogens is 641 g/mol. The van der Waals surface area contributed by atoms with Gasteiger partial charge in [-0.25, -0.2) is 0 Å². The minimum Gasteiger partial charge on any atom is -0.455 e. The van der Waals surface area contributed by atoms with Crippen LogP contribution >= 0.6 is 0 Å². The second kappa shape index (κ2) is 11.9. The molecule has 1 aromatic heterocycles. The van der Waals surface area contributed by atoms with E-state index >= 15 is 0 Å². The van der Waals surface area contributed by atoms with Gasteiger partial charge in [-0.1, -0.05) is 163 Å². The molecule has 0 amide bonds. The third-order valence-electron chi connectivity index (χ3n) is 9.05. The van der Waals surface area contributed by atoms with Gasteiger partial charge in [-0.3, -0.25) is 0 Å². The average Bonchev–Trinajstić information content (AvgIpc) is 1.72. The minimum atomic E-state index is -0.967. The van der Waals surface area contributed by atoms with Crippen LogP contribution in [0, 0.1) is 0 Å². The zero-order valence-electron chi connectivity index (χ0n) is 56.8. The highest BCUT2D eigenvalue weighted by atomic mass is 16.3. The van der Waals surface area contributed by atoms with Gasteiger partial charge in [0.1, 0.15) is 11.2 Å². The van der Waals surface area contributed by atoms with Crippen LogP contribution in [0.3, 0.4) is 0 Å². The Hall–Kier alpha value is -6.70. The third-order valence-corrected chi connectivity index (χ3v) is 9.05. The molecule has 0 fully saturated rings. The van der Waals surface area contributed by atoms with E-state index in [0.29, 0.717) is 0 Å². The molecule has 0 saturated heterocycles. The SMILES string of the molecule is [2H]c1c([2H])c(Cc2c([2H])c([2H])c([2H])c3oc4c5c([2H])c([2H])c([2H])c([2H])c5c([2H])c([2H])c4c23)c([2H])c([2H])c1Cc1c2c([2H])c([2H])c([2H])c([2H])c2c(-c2c([2H])c([2H])c3c(c2[2H])c([2H])c([2H])c2c([2H])c([2H])c([2H])c([2H])c23)c2c([2H])c([2H])c([2H])c([2H])c12. The standard InChI is InChI=1S/C52H34O/c1-3-13-40-35(10-1)24-25-37-32-39(27-28-41(37)40)50-45-17-7-5-15-43(45)48(44-16-6-8-18-46(44)50)31-34-22-20-33(21-23-34)30-38-12-9-19-49-51(38)47-29-26-36-11-2-4-14-42(36)52(47)53-49/h1-29,32H,30-31H2/i1D,2D,3D,4D,5D,6D,7D,8D,9D,10D,11D,12D,13D,14D,15D,16D,17D,18D,19D,20D,21D,22D,23D,24D,25D,26D,27D,28D,29D,32D. The van der Waals surface area contributed by atoms with E-state index in [4.69, 9.17) is 30.5 Å². The van der Waals surface area contributed by atoms with Gasteiger partial charge in [0, 0.05) is 16.2 Å². The summed E-state index contributed by atoms with van der Waals surface area (Å²) in [5.74, 6) is 0. The third kappa shape index (κ3) is 4.85. The molecule has 0 aliphatic carbocycles. The predicted molar refractivity (Wildman–Crippen MR) is 225 cm³/mol. The lowest BCUT2D eigenvalue weighted by molar-refractivity contribution is 0.672. The van der Waals surface area contributed by atoms with Gasteiger partial charge in [0.2, 0.25) is 0 Å². The molecule has 0 radical (unpaired) electrons. The molecule has 0 aliphatic heterocycles. The van der Waals surface area contributed by atoms with Crippen LogP contribution in [0.4, 0.5) is 0 Å². The Bertz CT molecular complexity index is 4860. The minimum absolute atomic E-state index is 0.267. The summed E-state index contributed by atoms with van der Waals surface area (Å²) in [6.45, 7) is 0. The number of furan rings is 1. The van der Waals surface area contributed by atoms with Crippen molar-refractivity contribution in [1.82, 2.24) is 0 Å². The number of fused-ring (bicyclic) bond motifs is 10. The Balaban J connectivity index is 1.21. The molecule has 53 heavy (non-hydrogen) atoms. The van der Waals surface area contributed by atoms with Crippen molar-refractivity contribution >= 4 is 75.8 Å². The summed E-state index contributed by atoms with van der Waals surface area (Å²) in [5, 5.41) is -5.87. The van der Waals surface area contributed by atoms with Crippen LogP contribution in [-0.4, -0.2) is 0 Å². The van der Waals surface area contributed by atoms with E-state index < -0.39 is 282 Å². The lowest BCUT2D eigenvalue weighted by atomic mass is 9.85. The zero-order chi connectivity index (χ0) is 61.0. The summed E-state index contributed by atoms with van der Waals surface area (Å²) < 4.78 is 276. The Kier molecular flexibility index (Phi) is 2.87. The highest BCUT2D eigenvalue weighted by Gasteiger charge is 2.17. The summed E-state index contributed by atoms with van der Waals surface area (Å²) in [7, 11) is 0. The molecule has 0 bridgehead atoms. The second-order valence-corrected chi connectivity index (χ2v) is 12.0. The van der Waals surface area contributed by atoms with Crippen LogP contribution in [0.2, 0.25) is 0 Å². The van der Waals surface area contributed by atoms with Crippen molar-refractivity contribution in [2.24, 2.45) is 0 Å². The zero-order valence-corrected chi connectivity index (χ0v) is 26.8. The Morgan fingerprint density at radius 3 is 1.68 bits per heavy atom. The number of hydrogen-bond donors (Lipinski definition) is 0. The molecule has 11 rings (SSSR count). The summed E-state index contributed by atoms with van der Waals surface area (Å²) in [6.07, 6.45) is -1.67. The van der Waals surface area contributed by atoms with E-state index in [-0.39, 0.29) is 21.7 Å². The van der Waals surface area contributed by atoms with Gasteiger partial charge in [-0.2, -0.15) is 0 Å². The summed E-state index contributed by atoms with van der Waals surface area (Å²) in [4.78, 5) is 0. The molecule has 0 aliphatic rings. The molecule has 0 atom stereocenters. The molecule has 11 aromatic rings. The van der Waals surface area contributed by atoms with Crippen LogP contribution in [0.25, 0.3) is 86.9 Å². The molecule has 1 heteroatoms. The van der Waals surface area contributed by atoms with Crippen LogP contribution in [-0.2, 0) is 12.8 Å². The van der Waals surface area contributed by atoms with Crippen LogP contribution < -0.4 is 0 Å². The fourth-order valence-corrected chi connectivity index (χ4v) is 6.72. The summed E-state index contributed by atoms with van der Waals surface area (Å²) >= 11 is 0. The highest BCUT2D eigenvalue weighted by Crippen LogP contribution is 2.42. The molecule has 248 valence electrons. The van der Waals surface area contributed by atoms with Gasteiger partial charge in [0.15, 0.2) is 0 Å². The van der Waals surface area contributed by atoms with Gasteiger partial charge in [-0.15, -0.1) is 0 Å². The van der Waals surface area contributed by atoms with Gasteiger partial charge in [-0.05, 0) is 113 Å². The fraction of sp³-hybridized carbons (Fsp3) is 0.0385. The van der Waals surface area contributed by atoms with Gasteiger partial charge < -0.3 is 4.42 Å². The van der Waals surface area contributed by atoms with Crippen molar-refractivity contribution in [2.75, 3.05) is 0 Å². The van der Waals surface area contributed by atoms with Gasteiger partial charge in [0.05, 0.1) is 41.1 Å². The van der Waals surface area contributed by atoms with Crippen molar-refractivity contribution in [3.05, 3.63) is 204 Å². The lowest BCUT2D eigenvalue weighted by Crippen LogP contribution is -1.96. The first-order valence-electron chi connectivity index (χ1n) is 31.1. The van der Waals surface area contributed by atoms with Crippen LogP contribution in [0.1, 0.15) is 63.4 Å². The smallest absolute Gasteiger partial charge is 0.143 e. The number of hydrogen-bond acceptors (Lipinski definition) is 1. The lowest BCUT2D eigenvalue weighted by Gasteiger charge is -2.18. The topological polar surface area (TPSA) is 13.1 Å². The van der Waals surface area contributed by atoms with Crippen molar-refractivity contribution in [3.63, 3.8) is 0 Å². The van der Waals surface area contributed by atoms with E-state index in [2.05, 4.69) is 0 Å². The first-order valence-corrected chi connectivity index (χ1v) is 16.1. The van der Waals surface area contributed by atoms with Crippen LogP contribution in [0.5, 0.6) is 0 Å². The maximum Gasteiger partial charge on any atom is 0.143 e. The van der Waals surface area contributed by atoms with E-state index in [1.165, 1.54) is 0 Å².